The van der Waals surface area contributed by atoms with Crippen molar-refractivity contribution in [2.24, 2.45) is 7.05 Å². The Morgan fingerprint density at radius 3 is 2.71 bits per heavy atom. The summed E-state index contributed by atoms with van der Waals surface area (Å²) in [7, 11) is 1.86. The summed E-state index contributed by atoms with van der Waals surface area (Å²) in [5.74, 6) is 0.271. The van der Waals surface area contributed by atoms with Gasteiger partial charge in [0.2, 0.25) is 11.8 Å². The second-order valence-electron chi connectivity index (χ2n) is 7.08. The zero-order chi connectivity index (χ0) is 19.7. The van der Waals surface area contributed by atoms with E-state index in [0.717, 1.165) is 29.9 Å². The van der Waals surface area contributed by atoms with Gasteiger partial charge in [-0.2, -0.15) is 5.10 Å². The summed E-state index contributed by atoms with van der Waals surface area (Å²) in [5, 5.41) is 8.83. The molecule has 2 aliphatic heterocycles. The van der Waals surface area contributed by atoms with Crippen LogP contribution in [0, 0.1) is 0 Å². The van der Waals surface area contributed by atoms with Crippen LogP contribution < -0.4 is 10.6 Å². The van der Waals surface area contributed by atoms with E-state index in [1.807, 2.05) is 19.3 Å². The molecule has 2 aromatic rings. The lowest BCUT2D eigenvalue weighted by molar-refractivity contribution is -0.137. The third kappa shape index (κ3) is 3.71. The van der Waals surface area contributed by atoms with Crippen molar-refractivity contribution in [3.8, 4) is 11.3 Å². The first kappa shape index (κ1) is 18.1. The van der Waals surface area contributed by atoms with Crippen LogP contribution in [0.25, 0.3) is 11.3 Å². The van der Waals surface area contributed by atoms with Crippen molar-refractivity contribution in [2.75, 3.05) is 13.1 Å². The molecule has 2 fully saturated rings. The van der Waals surface area contributed by atoms with Crippen molar-refractivity contribution >= 4 is 17.8 Å². The van der Waals surface area contributed by atoms with Crippen LogP contribution in [0.3, 0.4) is 0 Å². The number of imide groups is 1. The molecule has 2 aromatic heterocycles. The maximum absolute atomic E-state index is 12.6. The highest BCUT2D eigenvalue weighted by molar-refractivity contribution is 6.02. The highest BCUT2D eigenvalue weighted by atomic mass is 16.2. The molecule has 0 bridgehead atoms. The average molecular weight is 383 g/mol. The van der Waals surface area contributed by atoms with Gasteiger partial charge in [-0.3, -0.25) is 19.6 Å². The Morgan fingerprint density at radius 1 is 1.25 bits per heavy atom. The van der Waals surface area contributed by atoms with Crippen LogP contribution in [0.1, 0.15) is 31.0 Å². The van der Waals surface area contributed by atoms with Crippen molar-refractivity contribution in [1.29, 1.82) is 0 Å². The average Bonchev–Trinajstić information content (AvgIpc) is 3.13. The van der Waals surface area contributed by atoms with Gasteiger partial charge in [0.1, 0.15) is 11.9 Å². The minimum Gasteiger partial charge on any atom is -0.341 e. The zero-order valence-corrected chi connectivity index (χ0v) is 15.5. The van der Waals surface area contributed by atoms with Gasteiger partial charge in [0.25, 0.3) is 0 Å². The van der Waals surface area contributed by atoms with Crippen molar-refractivity contribution in [2.45, 2.75) is 31.2 Å². The highest BCUT2D eigenvalue weighted by Gasteiger charge is 2.34. The van der Waals surface area contributed by atoms with E-state index in [-0.39, 0.29) is 18.2 Å². The molecule has 4 rings (SSSR count). The van der Waals surface area contributed by atoms with Gasteiger partial charge in [-0.05, 0) is 18.9 Å². The Kier molecular flexibility index (Phi) is 4.76. The zero-order valence-electron chi connectivity index (χ0n) is 15.5. The van der Waals surface area contributed by atoms with Gasteiger partial charge in [-0.15, -0.1) is 0 Å². The Hall–Kier alpha value is -3.30. The molecule has 2 saturated heterocycles. The molecule has 4 heterocycles. The van der Waals surface area contributed by atoms with E-state index >= 15 is 0 Å². The fourth-order valence-corrected chi connectivity index (χ4v) is 3.62. The highest BCUT2D eigenvalue weighted by Crippen LogP contribution is 2.27. The van der Waals surface area contributed by atoms with Crippen LogP contribution in [-0.2, 0) is 16.6 Å². The molecule has 4 amide bonds. The Bertz CT molecular complexity index is 901. The lowest BCUT2D eigenvalue weighted by atomic mass is 9.95. The molecule has 28 heavy (non-hydrogen) atoms. The number of rotatable bonds is 3. The van der Waals surface area contributed by atoms with Gasteiger partial charge in [-0.1, -0.05) is 0 Å². The number of aryl methyl sites for hydroxylation is 1. The van der Waals surface area contributed by atoms with E-state index in [0.29, 0.717) is 13.1 Å². The van der Waals surface area contributed by atoms with Gasteiger partial charge < -0.3 is 10.2 Å². The molecule has 10 nitrogen and oxygen atoms in total. The van der Waals surface area contributed by atoms with Crippen LogP contribution >= 0.6 is 0 Å². The summed E-state index contributed by atoms with van der Waals surface area (Å²) in [6.45, 7) is 1.08. The minimum atomic E-state index is -0.789. The topological polar surface area (TPSA) is 122 Å². The second kappa shape index (κ2) is 7.37. The Morgan fingerprint density at radius 2 is 2.04 bits per heavy atom. The summed E-state index contributed by atoms with van der Waals surface area (Å²) < 4.78 is 1.73. The van der Waals surface area contributed by atoms with Gasteiger partial charge in [-0.25, -0.2) is 14.8 Å². The quantitative estimate of drug-likeness (QED) is 0.780. The normalized spacial score (nSPS) is 20.6. The smallest absolute Gasteiger partial charge is 0.322 e. The summed E-state index contributed by atoms with van der Waals surface area (Å²) in [6, 6.07) is 0.448. The van der Waals surface area contributed by atoms with Crippen molar-refractivity contribution in [3.05, 3.63) is 30.5 Å². The van der Waals surface area contributed by atoms with Crippen LogP contribution in [0.4, 0.5) is 4.79 Å². The van der Waals surface area contributed by atoms with E-state index in [2.05, 4.69) is 25.7 Å². The third-order valence-corrected chi connectivity index (χ3v) is 5.09. The molecular formula is C18H21N7O3. The number of hydrogen-bond acceptors (Lipinski definition) is 6. The van der Waals surface area contributed by atoms with Crippen LogP contribution in [0.5, 0.6) is 0 Å². The van der Waals surface area contributed by atoms with Crippen LogP contribution in [-0.4, -0.2) is 61.6 Å². The number of amides is 4. The van der Waals surface area contributed by atoms with E-state index in [9.17, 15) is 14.4 Å². The molecule has 0 aromatic carbocycles. The predicted molar refractivity (Wildman–Crippen MR) is 97.9 cm³/mol. The molecule has 0 saturated carbocycles. The monoisotopic (exact) mass is 383 g/mol. The van der Waals surface area contributed by atoms with Crippen LogP contribution in [0.15, 0.2) is 24.7 Å². The number of piperidine rings is 1. The number of carbonyl (C=O) groups excluding carboxylic acids is 3. The molecule has 0 aliphatic carbocycles. The molecule has 0 unspecified atom stereocenters. The van der Waals surface area contributed by atoms with Crippen molar-refractivity contribution in [3.63, 3.8) is 0 Å². The van der Waals surface area contributed by atoms with Crippen molar-refractivity contribution in [1.82, 2.24) is 35.3 Å². The number of nitrogens with one attached hydrogen (secondary N) is 2. The minimum absolute atomic E-state index is 0.0270. The second-order valence-corrected chi connectivity index (χ2v) is 7.08. The van der Waals surface area contributed by atoms with Gasteiger partial charge in [0, 0.05) is 44.0 Å². The SMILES string of the molecule is Cn1cc(-c2ccnc(C3CCN(C(=O)[C@@H]4CC(=O)NC(=O)N4)CC3)n2)cn1. The number of likely N-dealkylation sites (tertiary alicyclic amines) is 1. The van der Waals surface area contributed by atoms with Gasteiger partial charge in [0.15, 0.2) is 0 Å². The summed E-state index contributed by atoms with van der Waals surface area (Å²) in [5.41, 5.74) is 1.76. The fraction of sp³-hybridized carbons (Fsp3) is 0.444. The fourth-order valence-electron chi connectivity index (χ4n) is 3.62. The molecule has 0 spiro atoms. The maximum atomic E-state index is 12.6. The van der Waals surface area contributed by atoms with E-state index in [1.165, 1.54) is 0 Å². The molecule has 1 atom stereocenters. The number of carbonyl (C=O) groups is 3. The third-order valence-electron chi connectivity index (χ3n) is 5.09. The molecule has 0 radical (unpaired) electrons. The number of aromatic nitrogens is 4. The van der Waals surface area contributed by atoms with Gasteiger partial charge in [0.05, 0.1) is 18.3 Å². The summed E-state index contributed by atoms with van der Waals surface area (Å²) in [6.07, 6.45) is 6.85. The number of hydrogen-bond donors (Lipinski definition) is 2. The first-order valence-corrected chi connectivity index (χ1v) is 9.20. The van der Waals surface area contributed by atoms with E-state index in [4.69, 9.17) is 0 Å². The van der Waals surface area contributed by atoms with Crippen molar-refractivity contribution < 1.29 is 14.4 Å². The lowest BCUT2D eigenvalue weighted by Crippen LogP contribution is -2.58. The Labute approximate surface area is 161 Å². The molecule has 2 aliphatic rings. The summed E-state index contributed by atoms with van der Waals surface area (Å²) >= 11 is 0. The van der Waals surface area contributed by atoms with Gasteiger partial charge >= 0.3 is 6.03 Å². The molecule has 146 valence electrons. The molecular weight excluding hydrogens is 362 g/mol. The lowest BCUT2D eigenvalue weighted by Gasteiger charge is -2.34. The first-order chi connectivity index (χ1) is 13.5. The predicted octanol–water partition coefficient (Wildman–Crippen LogP) is 0.181. The Balaban J connectivity index is 1.40. The summed E-state index contributed by atoms with van der Waals surface area (Å²) in [4.78, 5) is 46.3. The van der Waals surface area contributed by atoms with E-state index in [1.54, 1.807) is 22.0 Å². The molecule has 10 heteroatoms. The number of nitrogens with zero attached hydrogens (tertiary/aromatic N) is 5. The maximum Gasteiger partial charge on any atom is 0.322 e. The first-order valence-electron chi connectivity index (χ1n) is 9.20. The standard InChI is InChI=1S/C18H21N7O3/c1-24-10-12(9-20-24)13-2-5-19-16(21-13)11-3-6-25(7-4-11)17(27)14-8-15(26)23-18(28)22-14/h2,5,9-11,14H,3-4,6-8H2,1H3,(H2,22,23,26,28)/t14-/m0/s1. The number of urea groups is 1. The largest absolute Gasteiger partial charge is 0.341 e. The van der Waals surface area contributed by atoms with E-state index < -0.39 is 18.0 Å². The molecule has 2 N–H and O–H groups in total. The van der Waals surface area contributed by atoms with Crippen LogP contribution in [0.2, 0.25) is 0 Å².